The van der Waals surface area contributed by atoms with Gasteiger partial charge >= 0.3 is 0 Å². The lowest BCUT2D eigenvalue weighted by atomic mass is 10.1. The van der Waals surface area contributed by atoms with E-state index in [1.807, 2.05) is 0 Å². The lowest BCUT2D eigenvalue weighted by Gasteiger charge is -2.12. The van der Waals surface area contributed by atoms with Crippen molar-refractivity contribution in [2.75, 3.05) is 13.7 Å². The van der Waals surface area contributed by atoms with Gasteiger partial charge in [0, 0.05) is 23.1 Å². The highest BCUT2D eigenvalue weighted by atomic mass is 35.5. The minimum absolute atomic E-state index is 0. The SMILES string of the molecule is COC=O.Cl.c1ccc2c3c([nH]c2c1)CNCC3. The third kappa shape index (κ3) is 3.03. The van der Waals surface area contributed by atoms with Crippen LogP contribution in [0, 0.1) is 0 Å². The van der Waals surface area contributed by atoms with Crippen LogP contribution in [0.15, 0.2) is 24.3 Å². The van der Waals surface area contributed by atoms with Crippen LogP contribution < -0.4 is 5.32 Å². The van der Waals surface area contributed by atoms with Crippen molar-refractivity contribution >= 4 is 29.8 Å². The third-order valence-corrected chi connectivity index (χ3v) is 2.85. The molecule has 0 radical (unpaired) electrons. The highest BCUT2D eigenvalue weighted by Crippen LogP contribution is 2.24. The minimum atomic E-state index is 0. The summed E-state index contributed by atoms with van der Waals surface area (Å²) in [5.74, 6) is 0. The van der Waals surface area contributed by atoms with Crippen molar-refractivity contribution in [3.05, 3.63) is 35.5 Å². The number of hydrogen-bond acceptors (Lipinski definition) is 3. The Hall–Kier alpha value is -1.52. The number of aromatic amines is 1. The van der Waals surface area contributed by atoms with E-state index >= 15 is 0 Å². The molecule has 4 nitrogen and oxygen atoms in total. The molecule has 0 saturated heterocycles. The number of methoxy groups -OCH3 is 1. The number of rotatable bonds is 1. The van der Waals surface area contributed by atoms with Gasteiger partial charge in [-0.05, 0) is 24.6 Å². The molecule has 2 heterocycles. The molecular weight excluding hydrogens is 252 g/mol. The number of ether oxygens (including phenoxy) is 1. The van der Waals surface area contributed by atoms with Gasteiger partial charge in [-0.15, -0.1) is 12.4 Å². The molecule has 0 unspecified atom stereocenters. The number of carbonyl (C=O) groups is 1. The molecule has 0 amide bonds. The molecule has 0 bridgehead atoms. The molecule has 98 valence electrons. The Morgan fingerprint density at radius 1 is 1.33 bits per heavy atom. The van der Waals surface area contributed by atoms with Crippen LogP contribution >= 0.6 is 12.4 Å². The van der Waals surface area contributed by atoms with Gasteiger partial charge in [0.2, 0.25) is 0 Å². The van der Waals surface area contributed by atoms with Crippen molar-refractivity contribution in [1.29, 1.82) is 0 Å². The Kier molecular flexibility index (Phi) is 5.68. The summed E-state index contributed by atoms with van der Waals surface area (Å²) in [6.45, 7) is 2.47. The van der Waals surface area contributed by atoms with Crippen molar-refractivity contribution in [2.24, 2.45) is 0 Å². The summed E-state index contributed by atoms with van der Waals surface area (Å²) >= 11 is 0. The van der Waals surface area contributed by atoms with E-state index in [9.17, 15) is 0 Å². The third-order valence-electron chi connectivity index (χ3n) is 2.85. The predicted molar refractivity (Wildman–Crippen MR) is 74.0 cm³/mol. The maximum Gasteiger partial charge on any atom is 0.292 e. The fourth-order valence-electron chi connectivity index (χ4n) is 2.12. The first-order valence-corrected chi connectivity index (χ1v) is 5.62. The summed E-state index contributed by atoms with van der Waals surface area (Å²) in [7, 11) is 1.31. The second kappa shape index (κ2) is 7.03. The van der Waals surface area contributed by atoms with Crippen molar-refractivity contribution in [1.82, 2.24) is 10.3 Å². The van der Waals surface area contributed by atoms with Gasteiger partial charge in [-0.3, -0.25) is 4.79 Å². The molecule has 2 aromatic rings. The topological polar surface area (TPSA) is 54.1 Å². The summed E-state index contributed by atoms with van der Waals surface area (Å²) in [6, 6.07) is 8.54. The standard InChI is InChI=1S/C11H12N2.C2H4O2.ClH/c1-2-4-10-8(3-1)9-5-6-12-7-11(9)13-10;1-4-2-3;/h1-4,12-13H,5-7H2;2H,1H3;1H. The number of H-pyrrole nitrogens is 1. The first-order chi connectivity index (χ1) is 8.36. The van der Waals surface area contributed by atoms with Gasteiger partial charge in [0.05, 0.1) is 7.11 Å². The highest BCUT2D eigenvalue weighted by molar-refractivity contribution is 5.85. The number of benzene rings is 1. The second-order valence-corrected chi connectivity index (χ2v) is 3.89. The number of para-hydroxylation sites is 1. The summed E-state index contributed by atoms with van der Waals surface area (Å²) in [5, 5.41) is 4.77. The molecule has 1 aromatic carbocycles. The highest BCUT2D eigenvalue weighted by Gasteiger charge is 2.13. The Labute approximate surface area is 112 Å². The summed E-state index contributed by atoms with van der Waals surface area (Å²) in [5.41, 5.74) is 4.15. The molecule has 2 N–H and O–H groups in total. The van der Waals surface area contributed by atoms with Gasteiger partial charge in [0.25, 0.3) is 6.47 Å². The molecule has 1 aliphatic rings. The van der Waals surface area contributed by atoms with Crippen LogP contribution in [-0.2, 0) is 22.5 Å². The van der Waals surface area contributed by atoms with Gasteiger partial charge in [-0.2, -0.15) is 0 Å². The lowest BCUT2D eigenvalue weighted by molar-refractivity contribution is -0.126. The monoisotopic (exact) mass is 268 g/mol. The second-order valence-electron chi connectivity index (χ2n) is 3.89. The summed E-state index contributed by atoms with van der Waals surface area (Å²) < 4.78 is 3.86. The van der Waals surface area contributed by atoms with Crippen LogP contribution in [0.4, 0.5) is 0 Å². The van der Waals surface area contributed by atoms with E-state index in [0.29, 0.717) is 6.47 Å². The molecule has 3 rings (SSSR count). The van der Waals surface area contributed by atoms with Crippen molar-refractivity contribution in [2.45, 2.75) is 13.0 Å². The van der Waals surface area contributed by atoms with E-state index in [1.54, 1.807) is 0 Å². The summed E-state index contributed by atoms with van der Waals surface area (Å²) in [6.07, 6.45) is 1.15. The first-order valence-electron chi connectivity index (χ1n) is 5.62. The van der Waals surface area contributed by atoms with Crippen LogP contribution in [0.5, 0.6) is 0 Å². The van der Waals surface area contributed by atoms with Crippen LogP contribution in [0.25, 0.3) is 10.9 Å². The summed E-state index contributed by atoms with van der Waals surface area (Å²) in [4.78, 5) is 12.4. The average molecular weight is 269 g/mol. The van der Waals surface area contributed by atoms with Crippen molar-refractivity contribution in [3.8, 4) is 0 Å². The van der Waals surface area contributed by atoms with Crippen molar-refractivity contribution in [3.63, 3.8) is 0 Å². The number of aromatic nitrogens is 1. The predicted octanol–water partition coefficient (Wildman–Crippen LogP) is 2.02. The zero-order valence-corrected chi connectivity index (χ0v) is 11.0. The number of fused-ring (bicyclic) bond motifs is 3. The quantitative estimate of drug-likeness (QED) is 0.778. The molecule has 1 aromatic heterocycles. The van der Waals surface area contributed by atoms with E-state index < -0.39 is 0 Å². The van der Waals surface area contributed by atoms with Crippen LogP contribution in [0.2, 0.25) is 0 Å². The van der Waals surface area contributed by atoms with Gasteiger partial charge in [-0.25, -0.2) is 0 Å². The average Bonchev–Trinajstić information content (AvgIpc) is 2.77. The molecule has 0 saturated carbocycles. The maximum atomic E-state index is 8.95. The zero-order chi connectivity index (χ0) is 12.1. The lowest BCUT2D eigenvalue weighted by Crippen LogP contribution is -2.22. The fourth-order valence-corrected chi connectivity index (χ4v) is 2.12. The van der Waals surface area contributed by atoms with E-state index in [4.69, 9.17) is 4.79 Å². The molecule has 0 atom stereocenters. The molecule has 0 aliphatic carbocycles. The van der Waals surface area contributed by atoms with E-state index in [1.165, 1.54) is 29.3 Å². The Balaban J connectivity index is 0.000000289. The Bertz CT molecular complexity index is 511. The fraction of sp³-hybridized carbons (Fsp3) is 0.308. The smallest absolute Gasteiger partial charge is 0.292 e. The largest absolute Gasteiger partial charge is 0.471 e. The maximum absolute atomic E-state index is 8.95. The molecular formula is C13H17ClN2O2. The molecule has 5 heteroatoms. The number of carbonyl (C=O) groups excluding carboxylic acids is 1. The van der Waals surface area contributed by atoms with E-state index in [2.05, 4.69) is 39.3 Å². The first kappa shape index (κ1) is 14.5. The van der Waals surface area contributed by atoms with Crippen molar-refractivity contribution < 1.29 is 9.53 Å². The molecule has 18 heavy (non-hydrogen) atoms. The molecule has 1 aliphatic heterocycles. The number of hydrogen-bond donors (Lipinski definition) is 2. The van der Waals surface area contributed by atoms with Crippen LogP contribution in [-0.4, -0.2) is 25.1 Å². The molecule has 0 fully saturated rings. The Morgan fingerprint density at radius 3 is 2.78 bits per heavy atom. The minimum Gasteiger partial charge on any atom is -0.471 e. The van der Waals surface area contributed by atoms with Crippen LogP contribution in [0.1, 0.15) is 11.3 Å². The zero-order valence-electron chi connectivity index (χ0n) is 10.2. The van der Waals surface area contributed by atoms with Gasteiger partial charge in [0.1, 0.15) is 0 Å². The van der Waals surface area contributed by atoms with Gasteiger partial charge < -0.3 is 15.0 Å². The van der Waals surface area contributed by atoms with Crippen LogP contribution in [0.3, 0.4) is 0 Å². The van der Waals surface area contributed by atoms with E-state index in [0.717, 1.165) is 19.5 Å². The normalized spacial score (nSPS) is 12.7. The van der Waals surface area contributed by atoms with E-state index in [-0.39, 0.29) is 12.4 Å². The number of halogens is 1. The van der Waals surface area contributed by atoms with Gasteiger partial charge in [-0.1, -0.05) is 18.2 Å². The number of nitrogens with one attached hydrogen (secondary N) is 2. The van der Waals surface area contributed by atoms with Gasteiger partial charge in [0.15, 0.2) is 0 Å². The molecule has 0 spiro atoms. The Morgan fingerprint density at radius 2 is 2.06 bits per heavy atom.